The lowest BCUT2D eigenvalue weighted by Gasteiger charge is -2.17. The van der Waals surface area contributed by atoms with Crippen molar-refractivity contribution < 1.29 is 0 Å². The second kappa shape index (κ2) is 7.90. The molecule has 0 aromatic carbocycles. The summed E-state index contributed by atoms with van der Waals surface area (Å²) in [7, 11) is 0. The normalized spacial score (nSPS) is 15.9. The molecule has 1 fully saturated rings. The summed E-state index contributed by atoms with van der Waals surface area (Å²) in [4.78, 5) is 13.5. The molecule has 0 aliphatic heterocycles. The van der Waals surface area contributed by atoms with Crippen molar-refractivity contribution in [1.29, 1.82) is 0 Å². The third-order valence-corrected chi connectivity index (χ3v) is 4.22. The monoisotopic (exact) mass is 311 g/mol. The van der Waals surface area contributed by atoms with Crippen LogP contribution in [0, 0.1) is 6.92 Å². The molecule has 5 heteroatoms. The molecule has 0 radical (unpaired) electrons. The fourth-order valence-corrected chi connectivity index (χ4v) is 3.01. The molecule has 5 nitrogen and oxygen atoms in total. The SMILES string of the molecule is Cc1cc(NCc2ccccn2)nc(NC2CCCCCC2)n1. The van der Waals surface area contributed by atoms with Gasteiger partial charge in [-0.15, -0.1) is 0 Å². The number of hydrogen-bond donors (Lipinski definition) is 2. The molecule has 2 N–H and O–H groups in total. The first-order chi connectivity index (χ1) is 11.3. The number of pyridine rings is 1. The van der Waals surface area contributed by atoms with E-state index in [1.165, 1.54) is 38.5 Å². The molecule has 0 spiro atoms. The molecule has 1 aliphatic rings. The van der Waals surface area contributed by atoms with Gasteiger partial charge in [-0.3, -0.25) is 4.98 Å². The van der Waals surface area contributed by atoms with Crippen LogP contribution in [0.3, 0.4) is 0 Å². The Labute approximate surface area is 138 Å². The molecule has 0 unspecified atom stereocenters. The Hall–Kier alpha value is -2.17. The molecular weight excluding hydrogens is 286 g/mol. The summed E-state index contributed by atoms with van der Waals surface area (Å²) in [5.74, 6) is 1.58. The third kappa shape index (κ3) is 4.91. The zero-order valence-electron chi connectivity index (χ0n) is 13.8. The molecule has 2 aromatic rings. The minimum atomic E-state index is 0.503. The van der Waals surface area contributed by atoms with Gasteiger partial charge in [0.15, 0.2) is 0 Å². The van der Waals surface area contributed by atoms with Crippen molar-refractivity contribution in [2.24, 2.45) is 0 Å². The van der Waals surface area contributed by atoms with E-state index in [0.717, 1.165) is 23.2 Å². The number of aromatic nitrogens is 3. The van der Waals surface area contributed by atoms with Gasteiger partial charge in [0.2, 0.25) is 5.95 Å². The fraction of sp³-hybridized carbons (Fsp3) is 0.500. The first-order valence-corrected chi connectivity index (χ1v) is 8.55. The van der Waals surface area contributed by atoms with Gasteiger partial charge in [0.25, 0.3) is 0 Å². The lowest BCUT2D eigenvalue weighted by atomic mass is 10.1. The van der Waals surface area contributed by atoms with Crippen LogP contribution in [0.4, 0.5) is 11.8 Å². The van der Waals surface area contributed by atoms with Crippen molar-refractivity contribution >= 4 is 11.8 Å². The van der Waals surface area contributed by atoms with E-state index in [1.807, 2.05) is 31.2 Å². The van der Waals surface area contributed by atoms with Gasteiger partial charge in [0.05, 0.1) is 12.2 Å². The smallest absolute Gasteiger partial charge is 0.225 e. The zero-order valence-corrected chi connectivity index (χ0v) is 13.8. The lowest BCUT2D eigenvalue weighted by Crippen LogP contribution is -2.20. The molecule has 0 amide bonds. The largest absolute Gasteiger partial charge is 0.364 e. The van der Waals surface area contributed by atoms with Crippen LogP contribution in [-0.4, -0.2) is 21.0 Å². The Morgan fingerprint density at radius 2 is 1.91 bits per heavy atom. The number of hydrogen-bond acceptors (Lipinski definition) is 5. The first kappa shape index (κ1) is 15.7. The van der Waals surface area contributed by atoms with Gasteiger partial charge < -0.3 is 10.6 Å². The molecule has 0 atom stereocenters. The summed E-state index contributed by atoms with van der Waals surface area (Å²) in [5.41, 5.74) is 1.97. The maximum atomic E-state index is 4.61. The Morgan fingerprint density at radius 3 is 2.65 bits per heavy atom. The topological polar surface area (TPSA) is 62.7 Å². The maximum Gasteiger partial charge on any atom is 0.225 e. The van der Waals surface area contributed by atoms with Gasteiger partial charge >= 0.3 is 0 Å². The highest BCUT2D eigenvalue weighted by Gasteiger charge is 2.13. The maximum absolute atomic E-state index is 4.61. The van der Waals surface area contributed by atoms with E-state index in [9.17, 15) is 0 Å². The lowest BCUT2D eigenvalue weighted by molar-refractivity contribution is 0.614. The van der Waals surface area contributed by atoms with Crippen LogP contribution in [0.2, 0.25) is 0 Å². The number of nitrogens with zero attached hydrogens (tertiary/aromatic N) is 3. The summed E-state index contributed by atoms with van der Waals surface area (Å²) < 4.78 is 0. The van der Waals surface area contributed by atoms with E-state index >= 15 is 0 Å². The quantitative estimate of drug-likeness (QED) is 0.819. The summed E-state index contributed by atoms with van der Waals surface area (Å²) in [6, 6.07) is 8.40. The molecule has 2 aromatic heterocycles. The van der Waals surface area contributed by atoms with E-state index in [2.05, 4.69) is 25.6 Å². The number of aryl methyl sites for hydroxylation is 1. The number of rotatable bonds is 5. The minimum absolute atomic E-state index is 0.503. The average molecular weight is 311 g/mol. The van der Waals surface area contributed by atoms with E-state index in [4.69, 9.17) is 0 Å². The Kier molecular flexibility index (Phi) is 5.40. The number of anilines is 2. The predicted molar refractivity (Wildman–Crippen MR) is 93.4 cm³/mol. The van der Waals surface area contributed by atoms with Crippen LogP contribution in [-0.2, 0) is 6.54 Å². The summed E-state index contributed by atoms with van der Waals surface area (Å²) in [6.45, 7) is 2.67. The van der Waals surface area contributed by atoms with Crippen molar-refractivity contribution in [2.45, 2.75) is 58.0 Å². The summed E-state index contributed by atoms with van der Waals surface area (Å²) in [6.07, 6.45) is 9.54. The molecule has 23 heavy (non-hydrogen) atoms. The Balaban J connectivity index is 1.63. The minimum Gasteiger partial charge on any atom is -0.364 e. The van der Waals surface area contributed by atoms with E-state index in [0.29, 0.717) is 12.6 Å². The zero-order chi connectivity index (χ0) is 15.9. The highest BCUT2D eigenvalue weighted by atomic mass is 15.2. The molecule has 2 heterocycles. The highest BCUT2D eigenvalue weighted by Crippen LogP contribution is 2.20. The average Bonchev–Trinajstić information content (AvgIpc) is 2.82. The third-order valence-electron chi connectivity index (χ3n) is 4.22. The Morgan fingerprint density at radius 1 is 1.09 bits per heavy atom. The molecule has 0 bridgehead atoms. The van der Waals surface area contributed by atoms with Crippen LogP contribution in [0.5, 0.6) is 0 Å². The van der Waals surface area contributed by atoms with Gasteiger partial charge in [-0.2, -0.15) is 4.98 Å². The van der Waals surface area contributed by atoms with Crippen LogP contribution in [0.25, 0.3) is 0 Å². The molecule has 1 saturated carbocycles. The van der Waals surface area contributed by atoms with Crippen LogP contribution in [0.1, 0.15) is 49.9 Å². The van der Waals surface area contributed by atoms with Crippen molar-refractivity contribution in [3.05, 3.63) is 41.9 Å². The van der Waals surface area contributed by atoms with Crippen LogP contribution >= 0.6 is 0 Å². The van der Waals surface area contributed by atoms with E-state index < -0.39 is 0 Å². The van der Waals surface area contributed by atoms with Gasteiger partial charge in [-0.1, -0.05) is 31.7 Å². The summed E-state index contributed by atoms with van der Waals surface area (Å²) in [5, 5.41) is 6.86. The Bertz CT molecular complexity index is 606. The van der Waals surface area contributed by atoms with Gasteiger partial charge in [-0.25, -0.2) is 4.98 Å². The molecule has 3 rings (SSSR count). The van der Waals surface area contributed by atoms with E-state index in [1.54, 1.807) is 6.20 Å². The fourth-order valence-electron chi connectivity index (χ4n) is 3.01. The van der Waals surface area contributed by atoms with Gasteiger partial charge in [0, 0.05) is 24.0 Å². The van der Waals surface area contributed by atoms with Gasteiger partial charge in [-0.05, 0) is 31.9 Å². The standard InChI is InChI=1S/C18H25N5/c1-14-12-17(20-13-16-10-6-7-11-19-16)23-18(21-14)22-15-8-4-2-3-5-9-15/h6-7,10-12,15H,2-5,8-9,13H2,1H3,(H2,20,21,22,23). The van der Waals surface area contributed by atoms with Crippen LogP contribution in [0.15, 0.2) is 30.5 Å². The van der Waals surface area contributed by atoms with Crippen LogP contribution < -0.4 is 10.6 Å². The van der Waals surface area contributed by atoms with Crippen molar-refractivity contribution in [2.75, 3.05) is 10.6 Å². The molecule has 0 saturated heterocycles. The highest BCUT2D eigenvalue weighted by molar-refractivity contribution is 5.42. The summed E-state index contributed by atoms with van der Waals surface area (Å²) >= 11 is 0. The van der Waals surface area contributed by atoms with Gasteiger partial charge in [0.1, 0.15) is 5.82 Å². The van der Waals surface area contributed by atoms with Crippen molar-refractivity contribution in [3.63, 3.8) is 0 Å². The second-order valence-electron chi connectivity index (χ2n) is 6.23. The molecule has 1 aliphatic carbocycles. The van der Waals surface area contributed by atoms with Crippen molar-refractivity contribution in [1.82, 2.24) is 15.0 Å². The van der Waals surface area contributed by atoms with E-state index in [-0.39, 0.29) is 0 Å². The first-order valence-electron chi connectivity index (χ1n) is 8.55. The van der Waals surface area contributed by atoms with Crippen molar-refractivity contribution in [3.8, 4) is 0 Å². The molecular formula is C18H25N5. The predicted octanol–water partition coefficient (Wildman–Crippen LogP) is 3.93. The molecule has 122 valence electrons. The number of nitrogens with one attached hydrogen (secondary N) is 2. The second-order valence-corrected chi connectivity index (χ2v) is 6.23.